The molecule has 0 amide bonds. The van der Waals surface area contributed by atoms with Gasteiger partial charge < -0.3 is 13.9 Å². The minimum absolute atomic E-state index is 0.00561. The Bertz CT molecular complexity index is 1160. The summed E-state index contributed by atoms with van der Waals surface area (Å²) < 4.78 is 29.6. The Labute approximate surface area is 211 Å². The number of hydrogen-bond donors (Lipinski definition) is 0. The van der Waals surface area contributed by atoms with E-state index in [2.05, 4.69) is 4.98 Å². The highest BCUT2D eigenvalue weighted by atomic mass is 19.1. The van der Waals surface area contributed by atoms with Gasteiger partial charge in [0.05, 0.1) is 24.7 Å². The highest BCUT2D eigenvalue weighted by Crippen LogP contribution is 2.22. The number of benzene rings is 1. The third-order valence-corrected chi connectivity index (χ3v) is 6.28. The number of unbranched alkanes of at least 4 members (excludes halogenated alkanes) is 7. The number of carbonyl (C=O) groups is 1. The summed E-state index contributed by atoms with van der Waals surface area (Å²) in [7, 11) is 0. The molecule has 3 aromatic rings. The van der Waals surface area contributed by atoms with Crippen LogP contribution in [0.4, 0.5) is 4.39 Å². The van der Waals surface area contributed by atoms with E-state index in [1.165, 1.54) is 25.0 Å². The van der Waals surface area contributed by atoms with Crippen molar-refractivity contribution in [2.45, 2.75) is 71.6 Å². The molecule has 0 spiro atoms. The molecule has 1 unspecified atom stereocenters. The molecule has 0 fully saturated rings. The number of nitrogens with zero attached hydrogens (tertiary/aromatic N) is 1. The number of halogens is 1. The summed E-state index contributed by atoms with van der Waals surface area (Å²) in [6.45, 7) is 4.98. The van der Waals surface area contributed by atoms with E-state index in [4.69, 9.17) is 13.9 Å². The Morgan fingerprint density at radius 1 is 0.944 bits per heavy atom. The quantitative estimate of drug-likeness (QED) is 0.165. The zero-order valence-electron chi connectivity index (χ0n) is 21.3. The fourth-order valence-electron chi connectivity index (χ4n) is 3.82. The lowest BCUT2D eigenvalue weighted by Crippen LogP contribution is -2.14. The normalized spacial score (nSPS) is 12.0. The maximum absolute atomic E-state index is 13.2. The molecule has 0 aliphatic rings. The van der Waals surface area contributed by atoms with E-state index in [-0.39, 0.29) is 23.4 Å². The SMILES string of the molecule is CCC(C)C(=O)OCCCCCCCCCCOc1ccc2cc(-c3ccc(F)cc3)c(=O)oc2n1. The van der Waals surface area contributed by atoms with Crippen LogP contribution in [0.15, 0.2) is 51.7 Å². The number of fused-ring (bicyclic) bond motifs is 1. The number of hydrogen-bond acceptors (Lipinski definition) is 6. The minimum atomic E-state index is -0.522. The summed E-state index contributed by atoms with van der Waals surface area (Å²) in [6.07, 6.45) is 9.53. The van der Waals surface area contributed by atoms with E-state index in [1.807, 2.05) is 13.8 Å². The standard InChI is InChI=1S/C29H36FNO5/c1-3-21(2)28(32)35-19-11-9-7-5-4-6-8-10-18-34-26-17-14-23-20-25(29(33)36-27(23)31-26)22-12-15-24(30)16-13-22/h12-17,20-21H,3-11,18-19H2,1-2H3. The third kappa shape index (κ3) is 8.47. The van der Waals surface area contributed by atoms with Crippen LogP contribution >= 0.6 is 0 Å². The first-order valence-corrected chi connectivity index (χ1v) is 13.0. The number of carbonyl (C=O) groups excluding carboxylic acids is 1. The Kier molecular flexibility index (Phi) is 10.9. The molecular formula is C29H36FNO5. The van der Waals surface area contributed by atoms with E-state index in [1.54, 1.807) is 30.3 Å². The maximum Gasteiger partial charge on any atom is 0.345 e. The monoisotopic (exact) mass is 497 g/mol. The molecule has 1 aromatic carbocycles. The Morgan fingerprint density at radius 2 is 1.58 bits per heavy atom. The van der Waals surface area contributed by atoms with Gasteiger partial charge in [-0.05, 0) is 49.1 Å². The van der Waals surface area contributed by atoms with E-state index < -0.39 is 5.63 Å². The fourth-order valence-corrected chi connectivity index (χ4v) is 3.82. The van der Waals surface area contributed by atoms with Crippen LogP contribution in [-0.2, 0) is 9.53 Å². The van der Waals surface area contributed by atoms with Crippen molar-refractivity contribution in [3.05, 3.63) is 58.7 Å². The topological polar surface area (TPSA) is 78.6 Å². The zero-order valence-corrected chi connectivity index (χ0v) is 21.3. The van der Waals surface area contributed by atoms with Crippen molar-refractivity contribution in [3.8, 4) is 17.0 Å². The highest BCUT2D eigenvalue weighted by Gasteiger charge is 2.11. The molecule has 0 N–H and O–H groups in total. The van der Waals surface area contributed by atoms with Crippen LogP contribution in [-0.4, -0.2) is 24.2 Å². The molecule has 36 heavy (non-hydrogen) atoms. The molecule has 7 heteroatoms. The van der Waals surface area contributed by atoms with Crippen molar-refractivity contribution in [2.75, 3.05) is 13.2 Å². The molecule has 0 aliphatic heterocycles. The van der Waals surface area contributed by atoms with Gasteiger partial charge in [-0.2, -0.15) is 4.98 Å². The molecule has 0 saturated heterocycles. The summed E-state index contributed by atoms with van der Waals surface area (Å²) in [4.78, 5) is 28.3. The lowest BCUT2D eigenvalue weighted by atomic mass is 10.1. The van der Waals surface area contributed by atoms with Crippen molar-refractivity contribution in [3.63, 3.8) is 0 Å². The molecular weight excluding hydrogens is 461 g/mol. The van der Waals surface area contributed by atoms with Gasteiger partial charge in [-0.1, -0.05) is 64.5 Å². The Morgan fingerprint density at radius 3 is 2.25 bits per heavy atom. The molecule has 1 atom stereocenters. The summed E-state index contributed by atoms with van der Waals surface area (Å²) in [5.74, 6) is -0.0249. The molecule has 0 aliphatic carbocycles. The van der Waals surface area contributed by atoms with Crippen molar-refractivity contribution >= 4 is 17.1 Å². The molecule has 6 nitrogen and oxygen atoms in total. The first-order chi connectivity index (χ1) is 17.5. The predicted octanol–water partition coefficient (Wildman–Crippen LogP) is 7.08. The fraction of sp³-hybridized carbons (Fsp3) is 0.483. The van der Waals surface area contributed by atoms with Crippen LogP contribution < -0.4 is 10.4 Å². The second kappa shape index (κ2) is 14.4. The van der Waals surface area contributed by atoms with Crippen LogP contribution in [0.5, 0.6) is 5.88 Å². The van der Waals surface area contributed by atoms with E-state index >= 15 is 0 Å². The molecule has 2 aromatic heterocycles. The molecule has 0 radical (unpaired) electrons. The molecule has 2 heterocycles. The van der Waals surface area contributed by atoms with E-state index in [0.29, 0.717) is 35.6 Å². The summed E-state index contributed by atoms with van der Waals surface area (Å²) in [5.41, 5.74) is 0.654. The van der Waals surface area contributed by atoms with Gasteiger partial charge in [0.2, 0.25) is 11.6 Å². The van der Waals surface area contributed by atoms with Crippen LogP contribution in [0, 0.1) is 11.7 Å². The number of ether oxygens (including phenoxy) is 2. The predicted molar refractivity (Wildman–Crippen MR) is 139 cm³/mol. The smallest absolute Gasteiger partial charge is 0.345 e. The Balaban J connectivity index is 1.30. The molecule has 0 saturated carbocycles. The minimum Gasteiger partial charge on any atom is -0.478 e. The summed E-state index contributed by atoms with van der Waals surface area (Å²) >= 11 is 0. The van der Waals surface area contributed by atoms with Crippen LogP contribution in [0.3, 0.4) is 0 Å². The van der Waals surface area contributed by atoms with Crippen molar-refractivity contribution in [1.82, 2.24) is 4.98 Å². The lowest BCUT2D eigenvalue weighted by Gasteiger charge is -2.09. The first-order valence-electron chi connectivity index (χ1n) is 13.0. The number of esters is 1. The van der Waals surface area contributed by atoms with Crippen molar-refractivity contribution < 1.29 is 23.1 Å². The van der Waals surface area contributed by atoms with Crippen LogP contribution in [0.1, 0.15) is 71.6 Å². The van der Waals surface area contributed by atoms with Crippen LogP contribution in [0.25, 0.3) is 22.2 Å². The average molecular weight is 498 g/mol. The maximum atomic E-state index is 13.2. The number of rotatable bonds is 15. The number of aromatic nitrogens is 1. The average Bonchev–Trinajstić information content (AvgIpc) is 2.88. The van der Waals surface area contributed by atoms with E-state index in [0.717, 1.165) is 44.9 Å². The first kappa shape index (κ1) is 27.4. The van der Waals surface area contributed by atoms with E-state index in [9.17, 15) is 14.0 Å². The van der Waals surface area contributed by atoms with Crippen molar-refractivity contribution in [1.29, 1.82) is 0 Å². The van der Waals surface area contributed by atoms with Gasteiger partial charge in [0.15, 0.2) is 0 Å². The van der Waals surface area contributed by atoms with Gasteiger partial charge in [-0.3, -0.25) is 4.79 Å². The molecule has 0 bridgehead atoms. The summed E-state index contributed by atoms with van der Waals surface area (Å²) in [6, 6.07) is 11.0. The highest BCUT2D eigenvalue weighted by molar-refractivity contribution is 5.79. The largest absolute Gasteiger partial charge is 0.478 e. The van der Waals surface area contributed by atoms with Gasteiger partial charge >= 0.3 is 11.6 Å². The lowest BCUT2D eigenvalue weighted by molar-refractivity contribution is -0.148. The van der Waals surface area contributed by atoms with Gasteiger partial charge in [0.25, 0.3) is 0 Å². The van der Waals surface area contributed by atoms with Gasteiger partial charge in [0, 0.05) is 11.5 Å². The van der Waals surface area contributed by atoms with Gasteiger partial charge in [0.1, 0.15) is 5.82 Å². The Hall–Kier alpha value is -3.22. The second-order valence-corrected chi connectivity index (χ2v) is 9.15. The second-order valence-electron chi connectivity index (χ2n) is 9.15. The number of pyridine rings is 1. The van der Waals surface area contributed by atoms with Gasteiger partial charge in [-0.15, -0.1) is 0 Å². The molecule has 3 rings (SSSR count). The van der Waals surface area contributed by atoms with Crippen molar-refractivity contribution in [2.24, 2.45) is 5.92 Å². The third-order valence-electron chi connectivity index (χ3n) is 6.28. The zero-order chi connectivity index (χ0) is 25.8. The summed E-state index contributed by atoms with van der Waals surface area (Å²) in [5, 5.41) is 0.676. The molecule has 194 valence electrons. The van der Waals surface area contributed by atoms with Gasteiger partial charge in [-0.25, -0.2) is 9.18 Å². The van der Waals surface area contributed by atoms with Crippen LogP contribution in [0.2, 0.25) is 0 Å².